The summed E-state index contributed by atoms with van der Waals surface area (Å²) in [4.78, 5) is 0. The van der Waals surface area contributed by atoms with Crippen LogP contribution in [0, 0.1) is 17.5 Å². The molecule has 1 rings (SSSR count). The molecule has 17 heavy (non-hydrogen) atoms. The summed E-state index contributed by atoms with van der Waals surface area (Å²) in [5.74, 6) is -4.17. The third kappa shape index (κ3) is 3.92. The molecule has 1 aromatic rings. The summed E-state index contributed by atoms with van der Waals surface area (Å²) in [6.07, 6.45) is -8.49. The highest BCUT2D eigenvalue weighted by Crippen LogP contribution is 2.29. The average molecular weight is 258 g/mol. The minimum Gasteiger partial charge on any atom is -0.388 e. The maximum Gasteiger partial charge on any atom is 0.389 e. The largest absolute Gasteiger partial charge is 0.389 e. The van der Waals surface area contributed by atoms with Crippen LogP contribution in [-0.4, -0.2) is 11.3 Å². The lowest BCUT2D eigenvalue weighted by atomic mass is 10.0. The second-order valence-corrected chi connectivity index (χ2v) is 3.46. The summed E-state index contributed by atoms with van der Waals surface area (Å²) < 4.78 is 73.8. The smallest absolute Gasteiger partial charge is 0.388 e. The number of aliphatic hydroxyl groups is 1. The minimum atomic E-state index is -4.50. The fraction of sp³-hybridized carbons (Fsp3) is 0.400. The summed E-state index contributed by atoms with van der Waals surface area (Å²) in [6, 6.07) is 0.535. The van der Waals surface area contributed by atoms with Crippen molar-refractivity contribution in [2.24, 2.45) is 0 Å². The molecule has 0 amide bonds. The van der Waals surface area contributed by atoms with Gasteiger partial charge in [0.15, 0.2) is 11.6 Å². The second kappa shape index (κ2) is 4.95. The summed E-state index contributed by atoms with van der Waals surface area (Å²) in [6.45, 7) is 0. The van der Waals surface area contributed by atoms with Crippen molar-refractivity contribution in [3.05, 3.63) is 35.1 Å². The highest BCUT2D eigenvalue weighted by molar-refractivity contribution is 5.22. The zero-order valence-electron chi connectivity index (χ0n) is 8.36. The zero-order chi connectivity index (χ0) is 13.2. The van der Waals surface area contributed by atoms with Crippen molar-refractivity contribution >= 4 is 0 Å². The van der Waals surface area contributed by atoms with E-state index < -0.39 is 48.1 Å². The Kier molecular flexibility index (Phi) is 4.03. The zero-order valence-corrected chi connectivity index (χ0v) is 8.36. The summed E-state index contributed by atoms with van der Waals surface area (Å²) >= 11 is 0. The van der Waals surface area contributed by atoms with Crippen LogP contribution >= 0.6 is 0 Å². The minimum absolute atomic E-state index is 0.182. The van der Waals surface area contributed by atoms with Crippen molar-refractivity contribution in [3.63, 3.8) is 0 Å². The summed E-state index contributed by atoms with van der Waals surface area (Å²) in [5.41, 5.74) is -0.687. The molecule has 0 spiro atoms. The van der Waals surface area contributed by atoms with Gasteiger partial charge in [0.2, 0.25) is 0 Å². The standard InChI is InChI=1S/C10H8F6O/c11-6-4-8(13)7(12)3-5(6)9(17)1-2-10(14,15)16/h3-4,9,17H,1-2H2. The third-order valence-electron chi connectivity index (χ3n) is 2.10. The monoisotopic (exact) mass is 258 g/mol. The van der Waals surface area contributed by atoms with Crippen LogP contribution < -0.4 is 0 Å². The molecule has 0 aromatic heterocycles. The van der Waals surface area contributed by atoms with Crippen LogP contribution in [0.15, 0.2) is 12.1 Å². The molecule has 1 atom stereocenters. The van der Waals surface area contributed by atoms with E-state index in [-0.39, 0.29) is 6.07 Å². The van der Waals surface area contributed by atoms with E-state index >= 15 is 0 Å². The van der Waals surface area contributed by atoms with Gasteiger partial charge in [0.25, 0.3) is 0 Å². The molecule has 1 unspecified atom stereocenters. The van der Waals surface area contributed by atoms with Crippen LogP contribution in [-0.2, 0) is 0 Å². The van der Waals surface area contributed by atoms with E-state index in [2.05, 4.69) is 0 Å². The van der Waals surface area contributed by atoms with Gasteiger partial charge in [0.1, 0.15) is 5.82 Å². The predicted molar refractivity (Wildman–Crippen MR) is 46.6 cm³/mol. The van der Waals surface area contributed by atoms with E-state index in [4.69, 9.17) is 0 Å². The SMILES string of the molecule is OC(CCC(F)(F)F)c1cc(F)c(F)cc1F. The highest BCUT2D eigenvalue weighted by Gasteiger charge is 2.29. The predicted octanol–water partition coefficient (Wildman–Crippen LogP) is 3.48. The molecule has 0 bridgehead atoms. The molecule has 0 radical (unpaired) electrons. The van der Waals surface area contributed by atoms with Crippen LogP contribution in [0.3, 0.4) is 0 Å². The maximum atomic E-state index is 13.1. The van der Waals surface area contributed by atoms with E-state index in [0.29, 0.717) is 6.07 Å². The van der Waals surface area contributed by atoms with Crippen LogP contribution in [0.2, 0.25) is 0 Å². The van der Waals surface area contributed by atoms with Crippen LogP contribution in [0.25, 0.3) is 0 Å². The van der Waals surface area contributed by atoms with Gasteiger partial charge < -0.3 is 5.11 Å². The highest BCUT2D eigenvalue weighted by atomic mass is 19.4. The fourth-order valence-electron chi connectivity index (χ4n) is 1.25. The number of hydrogen-bond acceptors (Lipinski definition) is 1. The first-order valence-electron chi connectivity index (χ1n) is 4.60. The van der Waals surface area contributed by atoms with Gasteiger partial charge in [-0.3, -0.25) is 0 Å². The molecule has 0 aliphatic heterocycles. The van der Waals surface area contributed by atoms with Crippen LogP contribution in [0.4, 0.5) is 26.3 Å². The molecule has 0 heterocycles. The molecule has 1 N–H and O–H groups in total. The van der Waals surface area contributed by atoms with Gasteiger partial charge in [-0.1, -0.05) is 0 Å². The van der Waals surface area contributed by atoms with Gasteiger partial charge in [-0.2, -0.15) is 13.2 Å². The fourth-order valence-corrected chi connectivity index (χ4v) is 1.25. The van der Waals surface area contributed by atoms with Gasteiger partial charge in [0.05, 0.1) is 6.10 Å². The van der Waals surface area contributed by atoms with Crippen LogP contribution in [0.5, 0.6) is 0 Å². The topological polar surface area (TPSA) is 20.2 Å². The average Bonchev–Trinajstić information content (AvgIpc) is 2.19. The van der Waals surface area contributed by atoms with Crippen molar-refractivity contribution in [1.82, 2.24) is 0 Å². The number of halogens is 6. The van der Waals surface area contributed by atoms with Crippen molar-refractivity contribution in [2.75, 3.05) is 0 Å². The Bertz CT molecular complexity index is 401. The third-order valence-corrected chi connectivity index (χ3v) is 2.10. The summed E-state index contributed by atoms with van der Waals surface area (Å²) in [5, 5.41) is 9.25. The van der Waals surface area contributed by atoms with Crippen molar-refractivity contribution < 1.29 is 31.4 Å². The van der Waals surface area contributed by atoms with Crippen molar-refractivity contribution in [3.8, 4) is 0 Å². The molecule has 0 fully saturated rings. The molecule has 0 saturated carbocycles. The maximum absolute atomic E-state index is 13.1. The van der Waals surface area contributed by atoms with E-state index in [1.165, 1.54) is 0 Å². The second-order valence-electron chi connectivity index (χ2n) is 3.46. The molecule has 0 aliphatic carbocycles. The number of rotatable bonds is 3. The Morgan fingerprint density at radius 1 is 1.00 bits per heavy atom. The first-order chi connectivity index (χ1) is 7.70. The molecular formula is C10H8F6O. The molecule has 1 nitrogen and oxygen atoms in total. The quantitative estimate of drug-likeness (QED) is 0.650. The van der Waals surface area contributed by atoms with Gasteiger partial charge in [-0.15, -0.1) is 0 Å². The van der Waals surface area contributed by atoms with Gasteiger partial charge in [-0.05, 0) is 12.5 Å². The molecular weight excluding hydrogens is 250 g/mol. The van der Waals surface area contributed by atoms with Gasteiger partial charge in [-0.25, -0.2) is 13.2 Å². The van der Waals surface area contributed by atoms with Gasteiger partial charge >= 0.3 is 6.18 Å². The lowest BCUT2D eigenvalue weighted by molar-refractivity contribution is -0.140. The molecule has 96 valence electrons. The van der Waals surface area contributed by atoms with Crippen LogP contribution in [0.1, 0.15) is 24.5 Å². The Labute approximate surface area is 92.7 Å². The molecule has 0 aliphatic rings. The lowest BCUT2D eigenvalue weighted by Gasteiger charge is -2.13. The number of aliphatic hydroxyl groups excluding tert-OH is 1. The number of hydrogen-bond donors (Lipinski definition) is 1. The first kappa shape index (κ1) is 13.8. The van der Waals surface area contributed by atoms with Crippen molar-refractivity contribution in [1.29, 1.82) is 0 Å². The van der Waals surface area contributed by atoms with Gasteiger partial charge in [0, 0.05) is 18.1 Å². The van der Waals surface area contributed by atoms with E-state index in [1.807, 2.05) is 0 Å². The Morgan fingerprint density at radius 2 is 1.53 bits per heavy atom. The number of benzene rings is 1. The van der Waals surface area contributed by atoms with E-state index in [0.717, 1.165) is 0 Å². The number of alkyl halides is 3. The molecule has 0 saturated heterocycles. The summed E-state index contributed by atoms with van der Waals surface area (Å²) in [7, 11) is 0. The normalized spacial score (nSPS) is 13.8. The Balaban J connectivity index is 2.82. The Hall–Kier alpha value is -1.24. The lowest BCUT2D eigenvalue weighted by Crippen LogP contribution is -2.11. The molecule has 7 heteroatoms. The van der Waals surface area contributed by atoms with E-state index in [1.54, 1.807) is 0 Å². The first-order valence-corrected chi connectivity index (χ1v) is 4.60. The Morgan fingerprint density at radius 3 is 2.06 bits per heavy atom. The molecule has 1 aromatic carbocycles. The van der Waals surface area contributed by atoms with Crippen molar-refractivity contribution in [2.45, 2.75) is 25.1 Å². The van der Waals surface area contributed by atoms with E-state index in [9.17, 15) is 31.4 Å².